The maximum absolute atomic E-state index is 6.10. The summed E-state index contributed by atoms with van der Waals surface area (Å²) in [6, 6.07) is 15.7. The van der Waals surface area contributed by atoms with E-state index in [0.29, 0.717) is 19.8 Å². The molecule has 1 aliphatic rings. The molecule has 0 aliphatic carbocycles. The first-order chi connectivity index (χ1) is 14.2. The van der Waals surface area contributed by atoms with Gasteiger partial charge in [-0.05, 0) is 36.8 Å². The van der Waals surface area contributed by atoms with E-state index in [0.717, 1.165) is 34.0 Å². The number of ether oxygens (including phenoxy) is 3. The monoisotopic (exact) mass is 409 g/mol. The lowest BCUT2D eigenvalue weighted by Gasteiger charge is -2.26. The van der Waals surface area contributed by atoms with E-state index in [1.165, 1.54) is 5.56 Å². The van der Waals surface area contributed by atoms with Crippen LogP contribution in [0, 0.1) is 6.92 Å². The van der Waals surface area contributed by atoms with Crippen LogP contribution in [0.25, 0.3) is 0 Å². The minimum Gasteiger partial charge on any atom is -0.493 e. The summed E-state index contributed by atoms with van der Waals surface area (Å²) < 4.78 is 19.8. The Balaban J connectivity index is 1.41. The second-order valence-corrected chi connectivity index (χ2v) is 7.68. The number of nitrogens with zero attached hydrogens (tertiary/aromatic N) is 3. The van der Waals surface area contributed by atoms with Gasteiger partial charge in [-0.3, -0.25) is 4.57 Å². The third kappa shape index (κ3) is 4.56. The molecule has 0 spiro atoms. The van der Waals surface area contributed by atoms with Crippen molar-refractivity contribution < 1.29 is 14.2 Å². The van der Waals surface area contributed by atoms with Gasteiger partial charge < -0.3 is 14.2 Å². The number of fused-ring (bicyclic) bond motifs is 1. The Hall–Kier alpha value is -2.93. The molecule has 0 bridgehead atoms. The number of hydrogen-bond acceptors (Lipinski definition) is 6. The molecule has 0 fully saturated rings. The fourth-order valence-corrected chi connectivity index (χ4v) is 3.86. The zero-order chi connectivity index (χ0) is 20.1. The zero-order valence-corrected chi connectivity index (χ0v) is 17.1. The molecular formula is C22H23N3O3S. The summed E-state index contributed by atoms with van der Waals surface area (Å²) in [5.74, 6) is 3.85. The molecule has 1 unspecified atom stereocenters. The van der Waals surface area contributed by atoms with Crippen LogP contribution in [0.3, 0.4) is 0 Å². The molecule has 150 valence electrons. The van der Waals surface area contributed by atoms with Gasteiger partial charge in [0.2, 0.25) is 0 Å². The second kappa shape index (κ2) is 9.05. The number of allylic oxidation sites excluding steroid dienone is 1. The van der Waals surface area contributed by atoms with E-state index in [9.17, 15) is 0 Å². The Kier molecular flexibility index (Phi) is 6.05. The van der Waals surface area contributed by atoms with E-state index >= 15 is 0 Å². The molecule has 0 saturated carbocycles. The third-order valence-corrected chi connectivity index (χ3v) is 5.36. The Bertz CT molecular complexity index is 989. The highest BCUT2D eigenvalue weighted by atomic mass is 32.2. The van der Waals surface area contributed by atoms with Gasteiger partial charge in [0.15, 0.2) is 28.6 Å². The Labute approximate surface area is 174 Å². The van der Waals surface area contributed by atoms with Crippen LogP contribution in [-0.4, -0.2) is 33.7 Å². The number of hydrogen-bond donors (Lipinski definition) is 0. The minimum absolute atomic E-state index is 0.310. The lowest BCUT2D eigenvalue weighted by molar-refractivity contribution is 0.0821. The highest BCUT2D eigenvalue weighted by Gasteiger charge is 2.28. The van der Waals surface area contributed by atoms with E-state index < -0.39 is 0 Å². The summed E-state index contributed by atoms with van der Waals surface area (Å²) in [6.45, 7) is 7.50. The number of aromatic nitrogens is 3. The molecule has 0 radical (unpaired) electrons. The van der Waals surface area contributed by atoms with Crippen LogP contribution in [0.5, 0.6) is 17.2 Å². The first-order valence-electron chi connectivity index (χ1n) is 9.49. The van der Waals surface area contributed by atoms with Crippen LogP contribution < -0.4 is 14.2 Å². The van der Waals surface area contributed by atoms with E-state index in [2.05, 4.69) is 29.8 Å². The zero-order valence-electron chi connectivity index (χ0n) is 16.3. The molecule has 0 N–H and O–H groups in total. The standard InChI is InChI=1S/C22H23N3O3S/c1-3-11-25-21(20-15-27-18-9-4-5-10-19(18)28-20)23-24-22(25)29-13-12-26-17-8-6-7-16(2)14-17/h3-10,14,20H,1,11-13,15H2,2H3. The third-order valence-electron chi connectivity index (χ3n) is 4.43. The predicted octanol–water partition coefficient (Wildman–Crippen LogP) is 4.46. The summed E-state index contributed by atoms with van der Waals surface area (Å²) >= 11 is 1.60. The van der Waals surface area contributed by atoms with Crippen LogP contribution in [-0.2, 0) is 6.54 Å². The molecule has 0 amide bonds. The van der Waals surface area contributed by atoms with Crippen molar-refractivity contribution in [3.63, 3.8) is 0 Å². The largest absolute Gasteiger partial charge is 0.493 e. The fourth-order valence-electron chi connectivity index (χ4n) is 3.09. The van der Waals surface area contributed by atoms with E-state index in [4.69, 9.17) is 14.2 Å². The fraction of sp³-hybridized carbons (Fsp3) is 0.273. The van der Waals surface area contributed by atoms with E-state index in [-0.39, 0.29) is 6.10 Å². The normalized spacial score (nSPS) is 15.1. The smallest absolute Gasteiger partial charge is 0.192 e. The van der Waals surface area contributed by atoms with Gasteiger partial charge in [0.05, 0.1) is 6.61 Å². The molecule has 2 heterocycles. The van der Waals surface area contributed by atoms with Gasteiger partial charge in [0.25, 0.3) is 0 Å². The van der Waals surface area contributed by atoms with Crippen molar-refractivity contribution in [3.05, 3.63) is 72.6 Å². The van der Waals surface area contributed by atoms with E-state index in [1.807, 2.05) is 53.1 Å². The summed E-state index contributed by atoms with van der Waals surface area (Å²) in [7, 11) is 0. The number of rotatable bonds is 8. The highest BCUT2D eigenvalue weighted by molar-refractivity contribution is 7.99. The van der Waals surface area contributed by atoms with Gasteiger partial charge in [-0.1, -0.05) is 42.1 Å². The maximum atomic E-state index is 6.10. The van der Waals surface area contributed by atoms with Crippen LogP contribution >= 0.6 is 11.8 Å². The average Bonchev–Trinajstić information content (AvgIpc) is 3.14. The Morgan fingerprint density at radius 3 is 2.90 bits per heavy atom. The first-order valence-corrected chi connectivity index (χ1v) is 10.5. The predicted molar refractivity (Wildman–Crippen MR) is 113 cm³/mol. The molecule has 1 aromatic heterocycles. The molecule has 7 heteroatoms. The quantitative estimate of drug-likeness (QED) is 0.311. The van der Waals surface area contributed by atoms with Crippen molar-refractivity contribution in [2.45, 2.75) is 24.7 Å². The molecule has 4 rings (SSSR count). The molecule has 1 atom stereocenters. The summed E-state index contributed by atoms with van der Waals surface area (Å²) in [6.07, 6.45) is 1.52. The van der Waals surface area contributed by atoms with Crippen molar-refractivity contribution in [2.24, 2.45) is 0 Å². The van der Waals surface area contributed by atoms with Crippen molar-refractivity contribution in [1.82, 2.24) is 14.8 Å². The molecule has 0 saturated heterocycles. The molecule has 3 aromatic rings. The average molecular weight is 410 g/mol. The first kappa shape index (κ1) is 19.4. The lowest BCUT2D eigenvalue weighted by atomic mass is 10.2. The van der Waals surface area contributed by atoms with Crippen molar-refractivity contribution in [2.75, 3.05) is 19.0 Å². The molecule has 2 aromatic carbocycles. The van der Waals surface area contributed by atoms with E-state index in [1.54, 1.807) is 11.8 Å². The van der Waals surface area contributed by atoms with Crippen molar-refractivity contribution >= 4 is 11.8 Å². The molecule has 29 heavy (non-hydrogen) atoms. The van der Waals surface area contributed by atoms with Crippen LogP contribution in [0.1, 0.15) is 17.5 Å². The van der Waals surface area contributed by atoms with Crippen LogP contribution in [0.4, 0.5) is 0 Å². The highest BCUT2D eigenvalue weighted by Crippen LogP contribution is 2.36. The molecule has 1 aliphatic heterocycles. The van der Waals surface area contributed by atoms with Crippen molar-refractivity contribution in [1.29, 1.82) is 0 Å². The molecular weight excluding hydrogens is 386 g/mol. The number of para-hydroxylation sites is 2. The molecule has 6 nitrogen and oxygen atoms in total. The van der Waals surface area contributed by atoms with Gasteiger partial charge in [0, 0.05) is 12.3 Å². The van der Waals surface area contributed by atoms with Crippen LogP contribution in [0.15, 0.2) is 66.3 Å². The SMILES string of the molecule is C=CCn1c(SCCOc2cccc(C)c2)nnc1C1COc2ccccc2O1. The van der Waals surface area contributed by atoms with Crippen molar-refractivity contribution in [3.8, 4) is 17.2 Å². The van der Waals surface area contributed by atoms with Gasteiger partial charge in [-0.25, -0.2) is 0 Å². The van der Waals surface area contributed by atoms with Gasteiger partial charge in [-0.15, -0.1) is 16.8 Å². The number of benzene rings is 2. The Morgan fingerprint density at radius 2 is 2.07 bits per heavy atom. The van der Waals surface area contributed by atoms with Gasteiger partial charge in [-0.2, -0.15) is 0 Å². The lowest BCUT2D eigenvalue weighted by Crippen LogP contribution is -2.25. The van der Waals surface area contributed by atoms with Gasteiger partial charge in [0.1, 0.15) is 12.4 Å². The minimum atomic E-state index is -0.310. The number of thioether (sulfide) groups is 1. The maximum Gasteiger partial charge on any atom is 0.192 e. The summed E-state index contributed by atoms with van der Waals surface area (Å²) in [4.78, 5) is 0. The summed E-state index contributed by atoms with van der Waals surface area (Å²) in [5.41, 5.74) is 1.18. The van der Waals surface area contributed by atoms with Crippen LogP contribution in [0.2, 0.25) is 0 Å². The second-order valence-electron chi connectivity index (χ2n) is 6.62. The summed E-state index contributed by atoms with van der Waals surface area (Å²) in [5, 5.41) is 9.56. The van der Waals surface area contributed by atoms with Gasteiger partial charge >= 0.3 is 0 Å². The Morgan fingerprint density at radius 1 is 1.21 bits per heavy atom. The topological polar surface area (TPSA) is 58.4 Å². The number of aryl methyl sites for hydroxylation is 1.